The third-order valence-electron chi connectivity index (χ3n) is 2.86. The Kier molecular flexibility index (Phi) is 3.89. The largest absolute Gasteiger partial charge is 0.495 e. The average Bonchev–Trinajstić information content (AvgIpc) is 2.46. The number of nitrogens with one attached hydrogen (secondary N) is 1. The average molecular weight is 253 g/mol. The lowest BCUT2D eigenvalue weighted by Gasteiger charge is -2.12. The van der Waals surface area contributed by atoms with Crippen LogP contribution in [0, 0.1) is 11.3 Å². The Morgan fingerprint density at radius 2 is 2.05 bits per heavy atom. The molecule has 0 amide bonds. The molecule has 0 radical (unpaired) electrons. The molecule has 2 aromatic rings. The third-order valence-corrected chi connectivity index (χ3v) is 2.86. The van der Waals surface area contributed by atoms with E-state index in [1.807, 2.05) is 30.3 Å². The van der Waals surface area contributed by atoms with Crippen molar-refractivity contribution in [3.8, 4) is 11.8 Å². The molecule has 0 aliphatic heterocycles. The minimum atomic E-state index is 0.571. The summed E-state index contributed by atoms with van der Waals surface area (Å²) in [6.45, 7) is 0.606. The van der Waals surface area contributed by atoms with Crippen molar-refractivity contribution in [2.75, 3.05) is 18.2 Å². The number of nitrogen functional groups attached to an aromatic ring is 1. The molecule has 96 valence electrons. The van der Waals surface area contributed by atoms with Gasteiger partial charge in [-0.3, -0.25) is 0 Å². The maximum absolute atomic E-state index is 8.85. The number of hydrogen-bond acceptors (Lipinski definition) is 4. The van der Waals surface area contributed by atoms with Gasteiger partial charge in [0.05, 0.1) is 24.4 Å². The summed E-state index contributed by atoms with van der Waals surface area (Å²) >= 11 is 0. The van der Waals surface area contributed by atoms with Gasteiger partial charge in [-0.15, -0.1) is 0 Å². The zero-order valence-electron chi connectivity index (χ0n) is 10.7. The Balaban J connectivity index is 2.16. The van der Waals surface area contributed by atoms with Crippen LogP contribution in [0.3, 0.4) is 0 Å². The zero-order chi connectivity index (χ0) is 13.7. The van der Waals surface area contributed by atoms with E-state index < -0.39 is 0 Å². The number of benzene rings is 2. The van der Waals surface area contributed by atoms with Gasteiger partial charge in [0.25, 0.3) is 0 Å². The van der Waals surface area contributed by atoms with Crippen molar-refractivity contribution in [3.63, 3.8) is 0 Å². The Labute approximate surface area is 112 Å². The zero-order valence-corrected chi connectivity index (χ0v) is 10.7. The highest BCUT2D eigenvalue weighted by molar-refractivity contribution is 5.60. The van der Waals surface area contributed by atoms with E-state index in [0.29, 0.717) is 17.9 Å². The van der Waals surface area contributed by atoms with Gasteiger partial charge in [-0.05, 0) is 23.8 Å². The minimum Gasteiger partial charge on any atom is -0.495 e. The second-order valence-electron chi connectivity index (χ2n) is 4.08. The summed E-state index contributed by atoms with van der Waals surface area (Å²) in [6.07, 6.45) is 0. The molecule has 0 aromatic heterocycles. The number of ether oxygens (including phenoxy) is 1. The van der Waals surface area contributed by atoms with E-state index in [1.54, 1.807) is 19.2 Å². The fourth-order valence-corrected chi connectivity index (χ4v) is 1.79. The summed E-state index contributed by atoms with van der Waals surface area (Å²) in [5, 5.41) is 12.1. The molecule has 0 bridgehead atoms. The van der Waals surface area contributed by atoms with Gasteiger partial charge in [0.2, 0.25) is 0 Å². The molecular formula is C15H15N3O. The predicted octanol–water partition coefficient (Wildman–Crippen LogP) is 2.76. The predicted molar refractivity (Wildman–Crippen MR) is 75.9 cm³/mol. The van der Waals surface area contributed by atoms with E-state index in [9.17, 15) is 0 Å². The first-order chi connectivity index (χ1) is 9.24. The van der Waals surface area contributed by atoms with Gasteiger partial charge in [0.15, 0.2) is 0 Å². The highest BCUT2D eigenvalue weighted by Gasteiger charge is 2.05. The van der Waals surface area contributed by atoms with Crippen LogP contribution in [0.2, 0.25) is 0 Å². The molecule has 2 aromatic carbocycles. The molecule has 0 saturated heterocycles. The van der Waals surface area contributed by atoms with E-state index in [4.69, 9.17) is 15.7 Å². The second-order valence-corrected chi connectivity index (χ2v) is 4.08. The van der Waals surface area contributed by atoms with E-state index in [-0.39, 0.29) is 0 Å². The van der Waals surface area contributed by atoms with Crippen molar-refractivity contribution in [2.45, 2.75) is 6.54 Å². The second kappa shape index (κ2) is 5.78. The minimum absolute atomic E-state index is 0.571. The standard InChI is InChI=1S/C15H15N3O/c1-19-15-8-11(9-16)6-7-14(15)18-10-12-4-2-3-5-13(12)17/h2-8,18H,10,17H2,1H3. The van der Waals surface area contributed by atoms with Crippen LogP contribution in [-0.2, 0) is 6.54 Å². The molecule has 4 heteroatoms. The molecule has 0 aliphatic rings. The Hall–Kier alpha value is -2.67. The van der Waals surface area contributed by atoms with Gasteiger partial charge in [-0.2, -0.15) is 5.26 Å². The summed E-state index contributed by atoms with van der Waals surface area (Å²) in [5.74, 6) is 0.647. The highest BCUT2D eigenvalue weighted by atomic mass is 16.5. The molecular weight excluding hydrogens is 238 g/mol. The Bertz CT molecular complexity index is 617. The number of nitrogens with zero attached hydrogens (tertiary/aromatic N) is 1. The van der Waals surface area contributed by atoms with E-state index in [1.165, 1.54) is 0 Å². The van der Waals surface area contributed by atoms with Crippen LogP contribution in [-0.4, -0.2) is 7.11 Å². The number of para-hydroxylation sites is 1. The summed E-state index contributed by atoms with van der Waals surface area (Å²) < 4.78 is 5.26. The first-order valence-corrected chi connectivity index (χ1v) is 5.90. The molecule has 19 heavy (non-hydrogen) atoms. The summed E-state index contributed by atoms with van der Waals surface area (Å²) in [6, 6.07) is 15.1. The first-order valence-electron chi connectivity index (χ1n) is 5.90. The molecule has 0 aliphatic carbocycles. The van der Waals surface area contributed by atoms with Gasteiger partial charge >= 0.3 is 0 Å². The summed E-state index contributed by atoms with van der Waals surface area (Å²) in [4.78, 5) is 0. The Morgan fingerprint density at radius 1 is 1.26 bits per heavy atom. The van der Waals surface area contributed by atoms with Crippen molar-refractivity contribution < 1.29 is 4.74 Å². The lowest BCUT2D eigenvalue weighted by Crippen LogP contribution is -2.04. The number of rotatable bonds is 4. The topological polar surface area (TPSA) is 71.1 Å². The molecule has 0 fully saturated rings. The molecule has 2 rings (SSSR count). The number of nitrogens with two attached hydrogens (primary N) is 1. The fraction of sp³-hybridized carbons (Fsp3) is 0.133. The molecule has 0 atom stereocenters. The van der Waals surface area contributed by atoms with E-state index >= 15 is 0 Å². The SMILES string of the molecule is COc1cc(C#N)ccc1NCc1ccccc1N. The fourth-order valence-electron chi connectivity index (χ4n) is 1.79. The van der Waals surface area contributed by atoms with Crippen molar-refractivity contribution >= 4 is 11.4 Å². The van der Waals surface area contributed by atoms with Crippen LogP contribution >= 0.6 is 0 Å². The van der Waals surface area contributed by atoms with Crippen LogP contribution < -0.4 is 15.8 Å². The quantitative estimate of drug-likeness (QED) is 0.822. The normalized spacial score (nSPS) is 9.68. The van der Waals surface area contributed by atoms with Crippen molar-refractivity contribution in [1.82, 2.24) is 0 Å². The summed E-state index contributed by atoms with van der Waals surface area (Å²) in [5.41, 5.74) is 9.07. The lowest BCUT2D eigenvalue weighted by molar-refractivity contribution is 0.416. The first kappa shape index (κ1) is 12.8. The van der Waals surface area contributed by atoms with E-state index in [0.717, 1.165) is 16.9 Å². The molecule has 0 spiro atoms. The van der Waals surface area contributed by atoms with Gasteiger partial charge in [0.1, 0.15) is 5.75 Å². The third kappa shape index (κ3) is 2.96. The van der Waals surface area contributed by atoms with Crippen molar-refractivity contribution in [1.29, 1.82) is 5.26 Å². The number of methoxy groups -OCH3 is 1. The van der Waals surface area contributed by atoms with Crippen molar-refractivity contribution in [3.05, 3.63) is 53.6 Å². The van der Waals surface area contributed by atoms with Crippen molar-refractivity contribution in [2.24, 2.45) is 0 Å². The number of nitriles is 1. The molecule has 4 nitrogen and oxygen atoms in total. The maximum Gasteiger partial charge on any atom is 0.143 e. The van der Waals surface area contributed by atoms with Crippen LogP contribution in [0.25, 0.3) is 0 Å². The molecule has 3 N–H and O–H groups in total. The van der Waals surface area contributed by atoms with Crippen LogP contribution in [0.1, 0.15) is 11.1 Å². The number of hydrogen-bond donors (Lipinski definition) is 2. The van der Waals surface area contributed by atoms with Gasteiger partial charge in [-0.1, -0.05) is 18.2 Å². The smallest absolute Gasteiger partial charge is 0.143 e. The Morgan fingerprint density at radius 3 is 2.74 bits per heavy atom. The molecule has 0 heterocycles. The summed E-state index contributed by atoms with van der Waals surface area (Å²) in [7, 11) is 1.58. The molecule has 0 unspecified atom stereocenters. The lowest BCUT2D eigenvalue weighted by atomic mass is 10.1. The van der Waals surface area contributed by atoms with E-state index in [2.05, 4.69) is 11.4 Å². The monoisotopic (exact) mass is 253 g/mol. The van der Waals surface area contributed by atoms with Crippen LogP contribution in [0.5, 0.6) is 5.75 Å². The van der Waals surface area contributed by atoms with Gasteiger partial charge in [-0.25, -0.2) is 0 Å². The van der Waals surface area contributed by atoms with Gasteiger partial charge < -0.3 is 15.8 Å². The maximum atomic E-state index is 8.85. The van der Waals surface area contributed by atoms with Crippen LogP contribution in [0.4, 0.5) is 11.4 Å². The highest BCUT2D eigenvalue weighted by Crippen LogP contribution is 2.26. The van der Waals surface area contributed by atoms with Crippen LogP contribution in [0.15, 0.2) is 42.5 Å². The van der Waals surface area contributed by atoms with Gasteiger partial charge in [0, 0.05) is 18.3 Å². The number of anilines is 2. The molecule has 0 saturated carbocycles.